The molecule has 2 aromatic heterocycles. The number of rotatable bonds is 11. The summed E-state index contributed by atoms with van der Waals surface area (Å²) in [7, 11) is 3.33. The number of carbonyl (C=O) groups is 1. The van der Waals surface area contributed by atoms with Crippen molar-refractivity contribution in [3.8, 4) is 11.1 Å². The molecule has 0 aliphatic heterocycles. The monoisotopic (exact) mass is 494 g/mol. The van der Waals surface area contributed by atoms with Crippen LogP contribution in [0.15, 0.2) is 42.7 Å². The summed E-state index contributed by atoms with van der Waals surface area (Å²) in [5, 5.41) is 2.93. The van der Waals surface area contributed by atoms with E-state index in [1.807, 2.05) is 6.07 Å². The van der Waals surface area contributed by atoms with Crippen molar-refractivity contribution in [1.29, 1.82) is 0 Å². The van der Waals surface area contributed by atoms with Crippen molar-refractivity contribution in [2.24, 2.45) is 0 Å². The third-order valence-corrected chi connectivity index (χ3v) is 5.56. The maximum atomic E-state index is 14.4. The maximum absolute atomic E-state index is 14.4. The number of hydrogen-bond donors (Lipinski definition) is 2. The molecule has 2 heterocycles. The molecule has 0 saturated heterocycles. The van der Waals surface area contributed by atoms with Crippen LogP contribution in [-0.4, -0.2) is 61.3 Å². The number of benzene rings is 1. The largest absolute Gasteiger partial charge is 0.383 e. The summed E-state index contributed by atoms with van der Waals surface area (Å²) in [4.78, 5) is 22.1. The molecule has 33 heavy (non-hydrogen) atoms. The molecule has 0 spiro atoms. The number of carbonyl (C=O) groups excluding carboxylic acids is 1. The number of aromatic nitrogens is 2. The summed E-state index contributed by atoms with van der Waals surface area (Å²) in [6.07, 6.45) is 3.10. The molecule has 0 aliphatic carbocycles. The first-order valence-corrected chi connectivity index (χ1v) is 11.0. The van der Waals surface area contributed by atoms with E-state index in [-0.39, 0.29) is 21.3 Å². The van der Waals surface area contributed by atoms with Crippen molar-refractivity contribution in [3.63, 3.8) is 0 Å². The zero-order valence-electron chi connectivity index (χ0n) is 18.3. The number of amides is 1. The number of aromatic amines is 1. The van der Waals surface area contributed by atoms with Crippen molar-refractivity contribution < 1.29 is 18.7 Å². The third-order valence-electron chi connectivity index (χ3n) is 4.95. The fraction of sp³-hybridized carbons (Fsp3) is 0.304. The molecule has 0 atom stereocenters. The van der Waals surface area contributed by atoms with Crippen LogP contribution in [0.2, 0.25) is 10.0 Å². The Labute approximate surface area is 201 Å². The Hall–Kier alpha value is -2.49. The predicted octanol–water partition coefficient (Wildman–Crippen LogP) is 4.87. The van der Waals surface area contributed by atoms with Crippen LogP contribution < -0.4 is 5.32 Å². The number of H-pyrrole nitrogens is 1. The van der Waals surface area contributed by atoms with E-state index in [9.17, 15) is 9.18 Å². The summed E-state index contributed by atoms with van der Waals surface area (Å²) >= 11 is 12.0. The zero-order valence-corrected chi connectivity index (χ0v) is 19.8. The smallest absolute Gasteiger partial charge is 0.272 e. The lowest BCUT2D eigenvalue weighted by molar-refractivity contribution is 0.102. The van der Waals surface area contributed by atoms with Gasteiger partial charge in [-0.3, -0.25) is 14.7 Å². The van der Waals surface area contributed by atoms with Gasteiger partial charge in [-0.05, 0) is 30.3 Å². The number of methoxy groups -OCH3 is 2. The van der Waals surface area contributed by atoms with E-state index < -0.39 is 11.7 Å². The van der Waals surface area contributed by atoms with Gasteiger partial charge < -0.3 is 19.8 Å². The predicted molar refractivity (Wildman–Crippen MR) is 127 cm³/mol. The van der Waals surface area contributed by atoms with Crippen LogP contribution in [0.25, 0.3) is 11.1 Å². The number of halogens is 3. The lowest BCUT2D eigenvalue weighted by Crippen LogP contribution is -2.30. The highest BCUT2D eigenvalue weighted by molar-refractivity contribution is 6.35. The average Bonchev–Trinajstić information content (AvgIpc) is 3.29. The number of nitrogens with zero attached hydrogens (tertiary/aromatic N) is 2. The highest BCUT2D eigenvalue weighted by atomic mass is 35.5. The Morgan fingerprint density at radius 1 is 1.12 bits per heavy atom. The second-order valence-corrected chi connectivity index (χ2v) is 8.09. The van der Waals surface area contributed by atoms with Gasteiger partial charge in [0.1, 0.15) is 5.69 Å². The second kappa shape index (κ2) is 12.1. The highest BCUT2D eigenvalue weighted by Crippen LogP contribution is 2.34. The number of ether oxygens (including phenoxy) is 2. The summed E-state index contributed by atoms with van der Waals surface area (Å²) < 4.78 is 24.7. The van der Waals surface area contributed by atoms with Crippen molar-refractivity contribution >= 4 is 34.8 Å². The van der Waals surface area contributed by atoms with Crippen molar-refractivity contribution in [2.45, 2.75) is 6.54 Å². The Bertz CT molecular complexity index is 1070. The van der Waals surface area contributed by atoms with Crippen molar-refractivity contribution in [2.75, 3.05) is 45.8 Å². The maximum Gasteiger partial charge on any atom is 0.272 e. The highest BCUT2D eigenvalue weighted by Gasteiger charge is 2.17. The first kappa shape index (κ1) is 25.1. The molecule has 0 bridgehead atoms. The molecular weight excluding hydrogens is 470 g/mol. The van der Waals surface area contributed by atoms with Gasteiger partial charge in [-0.2, -0.15) is 0 Å². The fourth-order valence-electron chi connectivity index (χ4n) is 3.19. The Balaban J connectivity index is 1.65. The molecule has 176 valence electrons. The van der Waals surface area contributed by atoms with Gasteiger partial charge in [0, 0.05) is 51.2 Å². The Morgan fingerprint density at radius 3 is 2.45 bits per heavy atom. The lowest BCUT2D eigenvalue weighted by atomic mass is 10.1. The molecule has 0 saturated carbocycles. The minimum Gasteiger partial charge on any atom is -0.383 e. The van der Waals surface area contributed by atoms with E-state index in [0.29, 0.717) is 31.0 Å². The van der Waals surface area contributed by atoms with Gasteiger partial charge in [0.05, 0.1) is 40.8 Å². The molecule has 3 rings (SSSR count). The number of nitrogens with one attached hydrogen (secondary N) is 2. The molecule has 0 fully saturated rings. The summed E-state index contributed by atoms with van der Waals surface area (Å²) in [5.74, 6) is -1.03. The molecule has 2 N–H and O–H groups in total. The first-order valence-electron chi connectivity index (χ1n) is 10.2. The van der Waals surface area contributed by atoms with E-state index in [1.54, 1.807) is 26.5 Å². The van der Waals surface area contributed by atoms with Gasteiger partial charge in [-0.25, -0.2) is 4.39 Å². The van der Waals surface area contributed by atoms with Crippen LogP contribution in [0.3, 0.4) is 0 Å². The van der Waals surface area contributed by atoms with Gasteiger partial charge in [-0.15, -0.1) is 0 Å². The third kappa shape index (κ3) is 6.75. The van der Waals surface area contributed by atoms with Crippen LogP contribution in [-0.2, 0) is 16.0 Å². The first-order chi connectivity index (χ1) is 15.9. The molecule has 0 unspecified atom stereocenters. The van der Waals surface area contributed by atoms with Gasteiger partial charge in [0.15, 0.2) is 5.82 Å². The molecule has 7 nitrogen and oxygen atoms in total. The van der Waals surface area contributed by atoms with Crippen LogP contribution in [0.1, 0.15) is 16.2 Å². The lowest BCUT2D eigenvalue weighted by Gasteiger charge is -2.21. The number of hydrogen-bond acceptors (Lipinski definition) is 5. The van der Waals surface area contributed by atoms with Crippen LogP contribution >= 0.6 is 23.2 Å². The minimum atomic E-state index is -0.639. The van der Waals surface area contributed by atoms with Crippen molar-refractivity contribution in [3.05, 3.63) is 70.0 Å². The van der Waals surface area contributed by atoms with Crippen LogP contribution in [0, 0.1) is 5.82 Å². The molecular formula is C23H25Cl2FN4O3. The SMILES string of the molecule is COCCN(CCOC)Cc1ccc(NC(=O)c2cc(-c3c(Cl)ccc(Cl)c3F)c[nH]2)cn1. The standard InChI is InChI=1S/C23H25Cl2FN4O3/c1-32-9-7-30(8-10-33-2)14-17-4-3-16(13-27-17)29-23(31)20-11-15(12-28-20)21-18(24)5-6-19(25)22(21)26/h3-6,11-13,28H,7-10,14H2,1-2H3,(H,29,31). The minimum absolute atomic E-state index is 0.0456. The van der Waals surface area contributed by atoms with Gasteiger partial charge in [-0.1, -0.05) is 23.2 Å². The van der Waals surface area contributed by atoms with Gasteiger partial charge in [0.2, 0.25) is 0 Å². The van der Waals surface area contributed by atoms with E-state index in [4.69, 9.17) is 32.7 Å². The Morgan fingerprint density at radius 2 is 1.82 bits per heavy atom. The molecule has 3 aromatic rings. The van der Waals surface area contributed by atoms with E-state index in [1.165, 1.54) is 24.4 Å². The summed E-state index contributed by atoms with van der Waals surface area (Å²) in [6, 6.07) is 8.04. The van der Waals surface area contributed by atoms with Gasteiger partial charge >= 0.3 is 0 Å². The van der Waals surface area contributed by atoms with Crippen molar-refractivity contribution in [1.82, 2.24) is 14.9 Å². The molecule has 0 aliphatic rings. The molecule has 1 aromatic carbocycles. The topological polar surface area (TPSA) is 79.5 Å². The molecule has 0 radical (unpaired) electrons. The normalized spacial score (nSPS) is 11.2. The Kier molecular flexibility index (Phi) is 9.22. The quantitative estimate of drug-likeness (QED) is 0.371. The average molecular weight is 495 g/mol. The zero-order chi connectivity index (χ0) is 23.8. The molecule has 1 amide bonds. The van der Waals surface area contributed by atoms with E-state index >= 15 is 0 Å². The van der Waals surface area contributed by atoms with Crippen LogP contribution in [0.5, 0.6) is 0 Å². The summed E-state index contributed by atoms with van der Waals surface area (Å²) in [6.45, 7) is 3.37. The second-order valence-electron chi connectivity index (χ2n) is 7.27. The van der Waals surface area contributed by atoms with E-state index in [2.05, 4.69) is 20.2 Å². The fourth-order valence-corrected chi connectivity index (χ4v) is 3.60. The van der Waals surface area contributed by atoms with Gasteiger partial charge in [0.25, 0.3) is 5.91 Å². The number of pyridine rings is 1. The van der Waals surface area contributed by atoms with Crippen LogP contribution in [0.4, 0.5) is 10.1 Å². The molecule has 10 heteroatoms. The number of anilines is 1. The van der Waals surface area contributed by atoms with E-state index in [0.717, 1.165) is 18.8 Å². The summed E-state index contributed by atoms with van der Waals surface area (Å²) in [5.41, 5.74) is 2.19.